The van der Waals surface area contributed by atoms with E-state index < -0.39 is 61.9 Å². The summed E-state index contributed by atoms with van der Waals surface area (Å²) in [5.41, 5.74) is -1.03. The van der Waals surface area contributed by atoms with Gasteiger partial charge in [-0.1, -0.05) is 0 Å². The molecule has 2 rings (SSSR count). The van der Waals surface area contributed by atoms with E-state index in [9.17, 15) is 27.5 Å². The molecule has 0 radical (unpaired) electrons. The van der Waals surface area contributed by atoms with Crippen molar-refractivity contribution in [1.82, 2.24) is 18.7 Å². The number of rotatable bonds is 19. The number of aryl methyl sites for hydroxylation is 1. The number of hydrogen-bond acceptors (Lipinski definition) is 12. The maximum Gasteiger partial charge on any atom is 0.330 e. The van der Waals surface area contributed by atoms with Crippen LogP contribution in [0.25, 0.3) is 0 Å². The quantitative estimate of drug-likeness (QED) is 0.141. The monoisotopic (exact) mass is 685 g/mol. The number of aromatic amines is 1. The third kappa shape index (κ3) is 11.7. The molecule has 6 atom stereocenters. The van der Waals surface area contributed by atoms with E-state index in [2.05, 4.69) is 11.1 Å². The Balaban J connectivity index is 2.55. The van der Waals surface area contributed by atoms with Gasteiger partial charge in [0.25, 0.3) is 21.6 Å². The van der Waals surface area contributed by atoms with Crippen molar-refractivity contribution in [2.45, 2.75) is 90.5 Å². The molecule has 44 heavy (non-hydrogen) atoms. The van der Waals surface area contributed by atoms with Crippen molar-refractivity contribution in [2.75, 3.05) is 39.3 Å². The van der Waals surface area contributed by atoms with Gasteiger partial charge < -0.3 is 28.2 Å². The standard InChI is InChI=1S/C25H45N5O11P2S/c1-17(2)30(18(3)4)42(39-12-9-11-26)41-21-20(10-8-15-43(33,34)28-44(7,35)36)40-24(22(21)38-14-13-37-6)29-16-19(5)23(31)27-25(29)32/h16-18,20-22,24H,8-10,12-15H2,1-7H3,(H,27,31,32)(H2,28,33,34)/t20-,21-,22-,24-,42?/m1/s1. The summed E-state index contributed by atoms with van der Waals surface area (Å²) in [4.78, 5) is 37.5. The zero-order chi connectivity index (χ0) is 33.2. The van der Waals surface area contributed by atoms with Gasteiger partial charge >= 0.3 is 5.69 Å². The summed E-state index contributed by atoms with van der Waals surface area (Å²) < 4.78 is 71.1. The van der Waals surface area contributed by atoms with Gasteiger partial charge in [0.1, 0.15) is 12.2 Å². The predicted molar refractivity (Wildman–Crippen MR) is 164 cm³/mol. The maximum absolute atomic E-state index is 12.9. The van der Waals surface area contributed by atoms with E-state index in [0.29, 0.717) is 0 Å². The number of sulfonamides is 1. The first-order chi connectivity index (χ1) is 20.5. The van der Waals surface area contributed by atoms with E-state index >= 15 is 0 Å². The Morgan fingerprint density at radius 3 is 2.45 bits per heavy atom. The normalized spacial score (nSPS) is 22.9. The maximum atomic E-state index is 12.9. The first-order valence-electron chi connectivity index (χ1n) is 14.1. The highest BCUT2D eigenvalue weighted by atomic mass is 32.2. The first kappa shape index (κ1) is 38.6. The molecule has 16 nitrogen and oxygen atoms in total. The van der Waals surface area contributed by atoms with Crippen molar-refractivity contribution >= 4 is 26.1 Å². The Hall–Kier alpha value is -1.54. The lowest BCUT2D eigenvalue weighted by atomic mass is 10.1. The summed E-state index contributed by atoms with van der Waals surface area (Å²) in [6.45, 7) is 9.83. The van der Waals surface area contributed by atoms with E-state index in [0.717, 1.165) is 6.26 Å². The SMILES string of the molecule is COCCO[C@@H]1[C@H](OP(OCCC#N)N(C(C)C)C(C)C)[C@@H](CCCP(=O)(O)NS(C)(=O)=O)O[C@H]1n1cc(C)c(=O)[nH]c1=O. The lowest BCUT2D eigenvalue weighted by Gasteiger charge is -2.38. The summed E-state index contributed by atoms with van der Waals surface area (Å²) in [6, 6.07) is 1.99. The highest BCUT2D eigenvalue weighted by Gasteiger charge is 2.50. The minimum absolute atomic E-state index is 0.0283. The zero-order valence-electron chi connectivity index (χ0n) is 26.2. The second-order valence-electron chi connectivity index (χ2n) is 10.9. The Morgan fingerprint density at radius 1 is 1.23 bits per heavy atom. The van der Waals surface area contributed by atoms with Gasteiger partial charge in [-0.2, -0.15) is 5.26 Å². The number of nitriles is 1. The van der Waals surface area contributed by atoms with Crippen molar-refractivity contribution < 1.29 is 41.1 Å². The fourth-order valence-corrected chi connectivity index (χ4v) is 9.54. The summed E-state index contributed by atoms with van der Waals surface area (Å²) in [5.74, 6) is 0. The van der Waals surface area contributed by atoms with Crippen molar-refractivity contribution in [1.29, 1.82) is 5.26 Å². The molecule has 2 heterocycles. The van der Waals surface area contributed by atoms with Gasteiger partial charge in [-0.3, -0.25) is 18.9 Å². The lowest BCUT2D eigenvalue weighted by molar-refractivity contribution is -0.0788. The molecule has 0 bridgehead atoms. The van der Waals surface area contributed by atoms with Crippen LogP contribution >= 0.6 is 16.0 Å². The van der Waals surface area contributed by atoms with Crippen LogP contribution in [0.3, 0.4) is 0 Å². The Labute approximate surface area is 259 Å². The third-order valence-corrected chi connectivity index (χ3v) is 12.0. The average Bonchev–Trinajstić information content (AvgIpc) is 3.21. The molecule has 0 amide bonds. The van der Waals surface area contributed by atoms with Gasteiger partial charge in [0.15, 0.2) is 6.23 Å². The largest absolute Gasteiger partial charge is 0.382 e. The Bertz CT molecular complexity index is 1370. The molecule has 2 unspecified atom stereocenters. The number of methoxy groups -OCH3 is 1. The zero-order valence-corrected chi connectivity index (χ0v) is 28.8. The van der Waals surface area contributed by atoms with E-state index in [1.807, 2.05) is 32.4 Å². The Kier molecular flexibility index (Phi) is 15.3. The molecule has 1 aliphatic heterocycles. The van der Waals surface area contributed by atoms with Crippen LogP contribution in [0.5, 0.6) is 0 Å². The molecule has 1 aromatic rings. The highest BCUT2D eigenvalue weighted by Crippen LogP contribution is 2.51. The van der Waals surface area contributed by atoms with Gasteiger partial charge in [-0.25, -0.2) is 17.9 Å². The van der Waals surface area contributed by atoms with Crippen LogP contribution in [0.1, 0.15) is 58.7 Å². The molecule has 1 aromatic heterocycles. The second kappa shape index (κ2) is 17.4. The molecule has 19 heteroatoms. The van der Waals surface area contributed by atoms with Crippen LogP contribution < -0.4 is 15.7 Å². The smallest absolute Gasteiger partial charge is 0.330 e. The molecule has 0 spiro atoms. The Morgan fingerprint density at radius 2 is 1.89 bits per heavy atom. The molecule has 3 N–H and O–H groups in total. The van der Waals surface area contributed by atoms with Crippen molar-refractivity contribution in [3.05, 3.63) is 32.6 Å². The fraction of sp³-hybridized carbons (Fsp3) is 0.800. The summed E-state index contributed by atoms with van der Waals surface area (Å²) in [5, 5.41) is 9.11. The molecule has 0 aliphatic carbocycles. The molecule has 1 aliphatic rings. The number of ether oxygens (including phenoxy) is 3. The second-order valence-corrected chi connectivity index (χ2v) is 16.5. The van der Waals surface area contributed by atoms with Crippen molar-refractivity contribution in [3.63, 3.8) is 0 Å². The van der Waals surface area contributed by atoms with Gasteiger partial charge in [0.2, 0.25) is 10.0 Å². The minimum Gasteiger partial charge on any atom is -0.382 e. The molecule has 0 aromatic carbocycles. The molecular weight excluding hydrogens is 640 g/mol. The van der Waals surface area contributed by atoms with Crippen LogP contribution in [0.4, 0.5) is 0 Å². The molecule has 1 saturated heterocycles. The van der Waals surface area contributed by atoms with Crippen molar-refractivity contribution in [2.24, 2.45) is 0 Å². The number of hydrogen-bond donors (Lipinski definition) is 3. The van der Waals surface area contributed by atoms with Crippen molar-refractivity contribution in [3.8, 4) is 6.07 Å². The highest BCUT2D eigenvalue weighted by molar-refractivity contribution is 7.94. The summed E-state index contributed by atoms with van der Waals surface area (Å²) in [6.07, 6.45) is -1.69. The van der Waals surface area contributed by atoms with Gasteiger partial charge in [-0.05, 0) is 47.5 Å². The first-order valence-corrected chi connectivity index (χ1v) is 19.0. The minimum atomic E-state index is -4.25. The molecular formula is C25H45N5O11P2S. The van der Waals surface area contributed by atoms with Gasteiger partial charge in [0, 0.05) is 37.1 Å². The number of aromatic nitrogens is 2. The fourth-order valence-electron chi connectivity index (χ4n) is 4.72. The van der Waals surface area contributed by atoms with E-state index in [1.54, 1.807) is 4.49 Å². The summed E-state index contributed by atoms with van der Waals surface area (Å²) >= 11 is 0. The average molecular weight is 686 g/mol. The number of nitrogens with one attached hydrogen (secondary N) is 2. The van der Waals surface area contributed by atoms with Crippen LogP contribution in [0.15, 0.2) is 15.8 Å². The van der Waals surface area contributed by atoms with Crippen LogP contribution in [-0.2, 0) is 37.8 Å². The van der Waals surface area contributed by atoms with E-state index in [-0.39, 0.29) is 62.9 Å². The van der Waals surface area contributed by atoms with Gasteiger partial charge in [-0.15, -0.1) is 4.49 Å². The topological polar surface area (TPSA) is 212 Å². The number of H-pyrrole nitrogens is 1. The van der Waals surface area contributed by atoms with E-state index in [4.69, 9.17) is 28.5 Å². The molecule has 1 fully saturated rings. The van der Waals surface area contributed by atoms with Gasteiger partial charge in [0.05, 0.1) is 44.7 Å². The van der Waals surface area contributed by atoms with Crippen LogP contribution in [0, 0.1) is 18.3 Å². The summed E-state index contributed by atoms with van der Waals surface area (Å²) in [7, 11) is -8.49. The molecule has 252 valence electrons. The van der Waals surface area contributed by atoms with Crippen LogP contribution in [0.2, 0.25) is 0 Å². The molecule has 0 saturated carbocycles. The predicted octanol–water partition coefficient (Wildman–Crippen LogP) is 1.95. The number of nitrogens with zero attached hydrogens (tertiary/aromatic N) is 3. The van der Waals surface area contributed by atoms with Crippen LogP contribution in [-0.4, -0.2) is 97.3 Å². The van der Waals surface area contributed by atoms with E-state index in [1.165, 1.54) is 24.8 Å². The lowest BCUT2D eigenvalue weighted by Crippen LogP contribution is -2.42. The third-order valence-electron chi connectivity index (χ3n) is 6.44.